The van der Waals surface area contributed by atoms with Crippen LogP contribution in [0.3, 0.4) is 0 Å². The second kappa shape index (κ2) is 5.44. The average molecular weight is 250 g/mol. The summed E-state index contributed by atoms with van der Waals surface area (Å²) in [4.78, 5) is 6.58. The molecule has 0 bridgehead atoms. The first kappa shape index (κ1) is 12.3. The van der Waals surface area contributed by atoms with Gasteiger partial charge < -0.3 is 10.3 Å². The van der Waals surface area contributed by atoms with Crippen LogP contribution in [0.2, 0.25) is 0 Å². The number of nitrogens with zero attached hydrogens (tertiary/aromatic N) is 3. The van der Waals surface area contributed by atoms with Crippen LogP contribution in [-0.2, 0) is 13.6 Å². The minimum absolute atomic E-state index is 0.262. The topological polar surface area (TPSA) is 47.1 Å². The van der Waals surface area contributed by atoms with Crippen molar-refractivity contribution in [3.05, 3.63) is 40.6 Å². The lowest BCUT2D eigenvalue weighted by Gasteiger charge is -2.26. The molecule has 0 aliphatic heterocycles. The lowest BCUT2D eigenvalue weighted by Crippen LogP contribution is -2.30. The fraction of sp³-hybridized carbons (Fsp3) is 0.417. The molecule has 0 aliphatic carbocycles. The minimum atomic E-state index is 0.262. The molecule has 2 N–H and O–H groups in total. The van der Waals surface area contributed by atoms with E-state index < -0.39 is 0 Å². The van der Waals surface area contributed by atoms with Crippen LogP contribution in [0.1, 0.15) is 17.4 Å². The number of aryl methyl sites for hydroxylation is 1. The van der Waals surface area contributed by atoms with Crippen molar-refractivity contribution in [1.82, 2.24) is 14.5 Å². The second-order valence-electron chi connectivity index (χ2n) is 4.18. The van der Waals surface area contributed by atoms with Gasteiger partial charge in [0.25, 0.3) is 0 Å². The molecular weight excluding hydrogens is 232 g/mol. The Balaban J connectivity index is 2.08. The molecular formula is C12H18N4S. The van der Waals surface area contributed by atoms with E-state index in [4.69, 9.17) is 5.73 Å². The van der Waals surface area contributed by atoms with Gasteiger partial charge in [-0.2, -0.15) is 11.3 Å². The van der Waals surface area contributed by atoms with Crippen molar-refractivity contribution in [2.45, 2.75) is 12.6 Å². The SMILES string of the molecule is CN(Cc1nccn1C)C(CN)c1ccsc1. The summed E-state index contributed by atoms with van der Waals surface area (Å²) >= 11 is 1.71. The predicted octanol–water partition coefficient (Wildman–Crippen LogP) is 1.61. The average Bonchev–Trinajstić information content (AvgIpc) is 2.93. The van der Waals surface area contributed by atoms with Crippen LogP contribution in [0.25, 0.3) is 0 Å². The number of aromatic nitrogens is 2. The summed E-state index contributed by atoms with van der Waals surface area (Å²) in [6.07, 6.45) is 3.79. The van der Waals surface area contributed by atoms with Gasteiger partial charge in [0.1, 0.15) is 5.82 Å². The van der Waals surface area contributed by atoms with Crippen molar-refractivity contribution in [3.8, 4) is 0 Å². The van der Waals surface area contributed by atoms with Crippen LogP contribution in [0.15, 0.2) is 29.2 Å². The van der Waals surface area contributed by atoms with Gasteiger partial charge in [-0.25, -0.2) is 4.98 Å². The van der Waals surface area contributed by atoms with Crippen molar-refractivity contribution in [2.24, 2.45) is 12.8 Å². The standard InChI is InChI=1S/C12H18N4S/c1-15-5-4-14-12(15)8-16(2)11(7-13)10-3-6-17-9-10/h3-6,9,11H,7-8,13H2,1-2H3. The summed E-state index contributed by atoms with van der Waals surface area (Å²) in [5.74, 6) is 1.06. The van der Waals surface area contributed by atoms with E-state index in [0.717, 1.165) is 12.4 Å². The molecule has 1 unspecified atom stereocenters. The molecule has 92 valence electrons. The summed E-state index contributed by atoms with van der Waals surface area (Å²) in [6.45, 7) is 1.43. The van der Waals surface area contributed by atoms with Crippen LogP contribution in [0.5, 0.6) is 0 Å². The zero-order chi connectivity index (χ0) is 12.3. The number of likely N-dealkylation sites (N-methyl/N-ethyl adjacent to an activating group) is 1. The Bertz CT molecular complexity index is 449. The van der Waals surface area contributed by atoms with Gasteiger partial charge in [-0.3, -0.25) is 4.90 Å². The molecule has 17 heavy (non-hydrogen) atoms. The van der Waals surface area contributed by atoms with Gasteiger partial charge >= 0.3 is 0 Å². The van der Waals surface area contributed by atoms with Gasteiger partial charge in [-0.1, -0.05) is 0 Å². The maximum absolute atomic E-state index is 5.87. The molecule has 2 aromatic heterocycles. The molecule has 0 radical (unpaired) electrons. The molecule has 0 spiro atoms. The third kappa shape index (κ3) is 2.74. The van der Waals surface area contributed by atoms with E-state index in [0.29, 0.717) is 6.54 Å². The van der Waals surface area contributed by atoms with Crippen LogP contribution in [0.4, 0.5) is 0 Å². The first-order valence-electron chi connectivity index (χ1n) is 5.61. The number of hydrogen-bond donors (Lipinski definition) is 1. The van der Waals surface area contributed by atoms with Gasteiger partial charge in [-0.05, 0) is 29.4 Å². The minimum Gasteiger partial charge on any atom is -0.337 e. The molecule has 0 saturated heterocycles. The highest BCUT2D eigenvalue weighted by Crippen LogP contribution is 2.21. The summed E-state index contributed by atoms with van der Waals surface area (Å²) < 4.78 is 2.04. The van der Waals surface area contributed by atoms with Crippen LogP contribution >= 0.6 is 11.3 Å². The van der Waals surface area contributed by atoms with Crippen LogP contribution in [0, 0.1) is 0 Å². The van der Waals surface area contributed by atoms with E-state index >= 15 is 0 Å². The van der Waals surface area contributed by atoms with E-state index in [2.05, 4.69) is 33.8 Å². The first-order valence-corrected chi connectivity index (χ1v) is 6.55. The number of hydrogen-bond acceptors (Lipinski definition) is 4. The zero-order valence-electron chi connectivity index (χ0n) is 10.2. The Hall–Kier alpha value is -1.17. The van der Waals surface area contributed by atoms with Crippen molar-refractivity contribution < 1.29 is 0 Å². The summed E-state index contributed by atoms with van der Waals surface area (Å²) in [6, 6.07) is 2.40. The van der Waals surface area contributed by atoms with E-state index in [9.17, 15) is 0 Å². The number of imidazole rings is 1. The van der Waals surface area contributed by atoms with Crippen molar-refractivity contribution in [2.75, 3.05) is 13.6 Å². The van der Waals surface area contributed by atoms with Gasteiger partial charge in [0.2, 0.25) is 0 Å². The monoisotopic (exact) mass is 250 g/mol. The lowest BCUT2D eigenvalue weighted by atomic mass is 10.1. The largest absolute Gasteiger partial charge is 0.337 e. The second-order valence-corrected chi connectivity index (χ2v) is 4.96. The third-order valence-corrected chi connectivity index (χ3v) is 3.70. The van der Waals surface area contributed by atoms with Gasteiger partial charge in [0.05, 0.1) is 6.54 Å². The van der Waals surface area contributed by atoms with E-state index in [1.165, 1.54) is 5.56 Å². The molecule has 5 heteroatoms. The Morgan fingerprint density at radius 1 is 1.59 bits per heavy atom. The normalized spacial score (nSPS) is 13.2. The molecule has 1 atom stereocenters. The molecule has 4 nitrogen and oxygen atoms in total. The fourth-order valence-corrected chi connectivity index (χ4v) is 2.62. The summed E-state index contributed by atoms with van der Waals surface area (Å²) in [5.41, 5.74) is 7.15. The third-order valence-electron chi connectivity index (χ3n) is 3.00. The van der Waals surface area contributed by atoms with Gasteiger partial charge in [0.15, 0.2) is 0 Å². The Kier molecular flexibility index (Phi) is 3.93. The van der Waals surface area contributed by atoms with E-state index in [1.54, 1.807) is 11.3 Å². The molecule has 0 aromatic carbocycles. The number of nitrogens with two attached hydrogens (primary N) is 1. The predicted molar refractivity (Wildman–Crippen MR) is 70.8 cm³/mol. The molecule has 0 saturated carbocycles. The molecule has 0 fully saturated rings. The van der Waals surface area contributed by atoms with Crippen molar-refractivity contribution in [1.29, 1.82) is 0 Å². The summed E-state index contributed by atoms with van der Waals surface area (Å²) in [7, 11) is 4.10. The highest BCUT2D eigenvalue weighted by molar-refractivity contribution is 7.07. The molecule has 2 heterocycles. The van der Waals surface area contributed by atoms with Gasteiger partial charge in [-0.15, -0.1) is 0 Å². The quantitative estimate of drug-likeness (QED) is 0.877. The lowest BCUT2D eigenvalue weighted by molar-refractivity contribution is 0.234. The Labute approximate surface area is 106 Å². The maximum Gasteiger partial charge on any atom is 0.122 e. The Morgan fingerprint density at radius 3 is 2.94 bits per heavy atom. The van der Waals surface area contributed by atoms with E-state index in [1.807, 2.05) is 24.0 Å². The highest BCUT2D eigenvalue weighted by Gasteiger charge is 2.17. The zero-order valence-corrected chi connectivity index (χ0v) is 11.0. The maximum atomic E-state index is 5.87. The molecule has 2 rings (SSSR count). The molecule has 0 aliphatic rings. The van der Waals surface area contributed by atoms with Crippen LogP contribution < -0.4 is 5.73 Å². The number of rotatable bonds is 5. The van der Waals surface area contributed by atoms with Crippen molar-refractivity contribution in [3.63, 3.8) is 0 Å². The van der Waals surface area contributed by atoms with E-state index in [-0.39, 0.29) is 6.04 Å². The fourth-order valence-electron chi connectivity index (χ4n) is 1.92. The Morgan fingerprint density at radius 2 is 2.41 bits per heavy atom. The van der Waals surface area contributed by atoms with Gasteiger partial charge in [0, 0.05) is 32.0 Å². The smallest absolute Gasteiger partial charge is 0.122 e. The van der Waals surface area contributed by atoms with Crippen LogP contribution in [-0.4, -0.2) is 28.0 Å². The molecule has 2 aromatic rings. The molecule has 0 amide bonds. The number of thiophene rings is 1. The first-order chi connectivity index (χ1) is 8.22. The highest BCUT2D eigenvalue weighted by atomic mass is 32.1. The summed E-state index contributed by atoms with van der Waals surface area (Å²) in [5, 5.41) is 4.25. The van der Waals surface area contributed by atoms with Crippen molar-refractivity contribution >= 4 is 11.3 Å².